The zero-order chi connectivity index (χ0) is 8.16. The Morgan fingerprint density at radius 2 is 2.18 bits per heavy atom. The van der Waals surface area contributed by atoms with E-state index in [0.29, 0.717) is 0 Å². The summed E-state index contributed by atoms with van der Waals surface area (Å²) in [5.74, 6) is 0. The molecule has 1 N–H and O–H groups in total. The van der Waals surface area contributed by atoms with Crippen LogP contribution >= 0.6 is 0 Å². The van der Waals surface area contributed by atoms with Gasteiger partial charge in [-0.3, -0.25) is 5.26 Å². The van der Waals surface area contributed by atoms with E-state index in [1.54, 1.807) is 0 Å². The van der Waals surface area contributed by atoms with Crippen LogP contribution in [0.25, 0.3) is 0 Å². The molecule has 0 aromatic heterocycles. The number of rotatable bonds is 1. The van der Waals surface area contributed by atoms with Gasteiger partial charge in [0.2, 0.25) is 0 Å². The summed E-state index contributed by atoms with van der Waals surface area (Å²) in [5.41, 5.74) is -0.430. The van der Waals surface area contributed by atoms with Gasteiger partial charge in [0.1, 0.15) is 5.60 Å². The molecule has 0 bridgehead atoms. The van der Waals surface area contributed by atoms with Crippen LogP contribution in [0, 0.1) is 0 Å². The third-order valence-electron chi connectivity index (χ3n) is 2.22. The van der Waals surface area contributed by atoms with Crippen molar-refractivity contribution < 1.29 is 10.1 Å². The van der Waals surface area contributed by atoms with Crippen molar-refractivity contribution in [2.75, 3.05) is 0 Å². The molecule has 0 amide bonds. The first-order valence-electron chi connectivity index (χ1n) is 4.27. The van der Waals surface area contributed by atoms with Gasteiger partial charge >= 0.3 is 0 Å². The van der Waals surface area contributed by atoms with E-state index < -0.39 is 5.60 Å². The van der Waals surface area contributed by atoms with Gasteiger partial charge in [-0.2, -0.15) is 0 Å². The van der Waals surface area contributed by atoms with Gasteiger partial charge in [0, 0.05) is 0 Å². The summed E-state index contributed by atoms with van der Waals surface area (Å²) in [6.45, 7) is 1.91. The van der Waals surface area contributed by atoms with Crippen LogP contribution in [-0.4, -0.2) is 10.9 Å². The van der Waals surface area contributed by atoms with Crippen molar-refractivity contribution in [1.29, 1.82) is 0 Å². The molecule has 1 rings (SSSR count). The molecule has 0 aliphatic heterocycles. The predicted octanol–water partition coefficient (Wildman–Crippen LogP) is 2.76. The highest BCUT2D eigenvalue weighted by Crippen LogP contribution is 2.23. The Morgan fingerprint density at radius 3 is 2.91 bits per heavy atom. The molecule has 11 heavy (non-hydrogen) atoms. The summed E-state index contributed by atoms with van der Waals surface area (Å²) in [6.07, 6.45) is 9.73. The van der Waals surface area contributed by atoms with E-state index in [-0.39, 0.29) is 0 Å². The predicted molar refractivity (Wildman–Crippen MR) is 44.3 cm³/mol. The molecule has 64 valence electrons. The lowest BCUT2D eigenvalue weighted by atomic mass is 9.94. The molecule has 0 saturated carbocycles. The lowest BCUT2D eigenvalue weighted by molar-refractivity contribution is -0.304. The van der Waals surface area contributed by atoms with Gasteiger partial charge in [0.25, 0.3) is 0 Å². The van der Waals surface area contributed by atoms with E-state index in [0.717, 1.165) is 19.3 Å². The van der Waals surface area contributed by atoms with Gasteiger partial charge in [-0.15, -0.1) is 0 Å². The molecule has 0 aromatic carbocycles. The van der Waals surface area contributed by atoms with Gasteiger partial charge in [-0.25, -0.2) is 4.89 Å². The van der Waals surface area contributed by atoms with Gasteiger partial charge in [-0.05, 0) is 26.2 Å². The zero-order valence-corrected chi connectivity index (χ0v) is 7.05. The highest BCUT2D eigenvalue weighted by molar-refractivity contribution is 4.99. The van der Waals surface area contributed by atoms with Gasteiger partial charge in [0.15, 0.2) is 0 Å². The molecular formula is C9H16O2. The van der Waals surface area contributed by atoms with E-state index >= 15 is 0 Å². The second-order valence-electron chi connectivity index (χ2n) is 3.41. The fourth-order valence-corrected chi connectivity index (χ4v) is 1.41. The summed E-state index contributed by atoms with van der Waals surface area (Å²) in [4.78, 5) is 4.43. The van der Waals surface area contributed by atoms with Gasteiger partial charge in [-0.1, -0.05) is 25.0 Å². The van der Waals surface area contributed by atoms with Crippen molar-refractivity contribution in [3.05, 3.63) is 12.2 Å². The summed E-state index contributed by atoms with van der Waals surface area (Å²) < 4.78 is 0. The van der Waals surface area contributed by atoms with Crippen LogP contribution in [0.4, 0.5) is 0 Å². The first-order chi connectivity index (χ1) is 5.27. The third-order valence-corrected chi connectivity index (χ3v) is 2.22. The largest absolute Gasteiger partial charge is 0.251 e. The molecule has 1 aliphatic rings. The SMILES string of the molecule is CC1(OO)/C=C\CCCCC1. The molecule has 1 unspecified atom stereocenters. The quantitative estimate of drug-likeness (QED) is 0.359. The van der Waals surface area contributed by atoms with Crippen LogP contribution in [0.15, 0.2) is 12.2 Å². The van der Waals surface area contributed by atoms with Crippen LogP contribution in [0.1, 0.15) is 39.0 Å². The van der Waals surface area contributed by atoms with E-state index in [9.17, 15) is 0 Å². The Balaban J connectivity index is 2.54. The third kappa shape index (κ3) is 2.64. The Labute approximate surface area is 67.8 Å². The van der Waals surface area contributed by atoms with Crippen molar-refractivity contribution >= 4 is 0 Å². The molecule has 2 heteroatoms. The van der Waals surface area contributed by atoms with E-state index in [1.165, 1.54) is 12.8 Å². The van der Waals surface area contributed by atoms with Crippen molar-refractivity contribution in [2.45, 2.75) is 44.6 Å². The van der Waals surface area contributed by atoms with E-state index in [1.807, 2.05) is 13.0 Å². The number of hydrogen-bond donors (Lipinski definition) is 1. The van der Waals surface area contributed by atoms with Crippen molar-refractivity contribution in [1.82, 2.24) is 0 Å². The van der Waals surface area contributed by atoms with Gasteiger partial charge < -0.3 is 0 Å². The van der Waals surface area contributed by atoms with Crippen molar-refractivity contribution in [2.24, 2.45) is 0 Å². The molecule has 1 aliphatic carbocycles. The van der Waals surface area contributed by atoms with Crippen molar-refractivity contribution in [3.63, 3.8) is 0 Å². The minimum Gasteiger partial charge on any atom is -0.251 e. The van der Waals surface area contributed by atoms with E-state index in [2.05, 4.69) is 11.0 Å². The number of allylic oxidation sites excluding steroid dienone is 1. The van der Waals surface area contributed by atoms with Crippen LogP contribution in [0.5, 0.6) is 0 Å². The lowest BCUT2D eigenvalue weighted by Crippen LogP contribution is -2.24. The smallest absolute Gasteiger partial charge is 0.119 e. The Hall–Kier alpha value is -0.340. The monoisotopic (exact) mass is 156 g/mol. The first-order valence-corrected chi connectivity index (χ1v) is 4.27. The zero-order valence-electron chi connectivity index (χ0n) is 7.05. The first kappa shape index (κ1) is 8.75. The molecule has 0 spiro atoms. The van der Waals surface area contributed by atoms with Crippen LogP contribution in [0.3, 0.4) is 0 Å². The number of hydrogen-bond acceptors (Lipinski definition) is 2. The molecule has 0 radical (unpaired) electrons. The van der Waals surface area contributed by atoms with Crippen LogP contribution < -0.4 is 0 Å². The van der Waals surface area contributed by atoms with E-state index in [4.69, 9.17) is 5.26 Å². The maximum atomic E-state index is 8.62. The average Bonchev–Trinajstić information content (AvgIpc) is 1.98. The highest BCUT2D eigenvalue weighted by Gasteiger charge is 2.21. The summed E-state index contributed by atoms with van der Waals surface area (Å²) in [5, 5.41) is 8.62. The molecule has 0 aromatic rings. The lowest BCUT2D eigenvalue weighted by Gasteiger charge is -2.23. The van der Waals surface area contributed by atoms with Gasteiger partial charge in [0.05, 0.1) is 0 Å². The maximum Gasteiger partial charge on any atom is 0.119 e. The summed E-state index contributed by atoms with van der Waals surface area (Å²) >= 11 is 0. The fourth-order valence-electron chi connectivity index (χ4n) is 1.41. The molecule has 0 heterocycles. The topological polar surface area (TPSA) is 29.5 Å². The standard InChI is InChI=1S/C9H16O2/c1-9(11-10)7-5-3-2-4-6-8-9/h5,7,10H,2-4,6,8H2,1H3/b7-5-. The Bertz CT molecular complexity index is 142. The van der Waals surface area contributed by atoms with Crippen LogP contribution in [0.2, 0.25) is 0 Å². The normalized spacial score (nSPS) is 35.8. The summed E-state index contributed by atoms with van der Waals surface area (Å²) in [6, 6.07) is 0. The second-order valence-corrected chi connectivity index (χ2v) is 3.41. The average molecular weight is 156 g/mol. The highest BCUT2D eigenvalue weighted by atomic mass is 17.1. The Kier molecular flexibility index (Phi) is 3.09. The molecule has 0 fully saturated rings. The minimum absolute atomic E-state index is 0.430. The molecular weight excluding hydrogens is 140 g/mol. The maximum absolute atomic E-state index is 8.62. The molecule has 0 saturated heterocycles. The second kappa shape index (κ2) is 3.88. The Morgan fingerprint density at radius 1 is 1.36 bits per heavy atom. The molecule has 2 nitrogen and oxygen atoms in total. The van der Waals surface area contributed by atoms with Crippen LogP contribution in [-0.2, 0) is 4.89 Å². The minimum atomic E-state index is -0.430. The summed E-state index contributed by atoms with van der Waals surface area (Å²) in [7, 11) is 0. The fraction of sp³-hybridized carbons (Fsp3) is 0.778. The van der Waals surface area contributed by atoms with Crippen molar-refractivity contribution in [3.8, 4) is 0 Å². The molecule has 1 atom stereocenters.